The molecule has 0 spiro atoms. The van der Waals surface area contributed by atoms with E-state index in [1.54, 1.807) is 24.3 Å². The van der Waals surface area contributed by atoms with Gasteiger partial charge in [-0.05, 0) is 12.1 Å². The minimum absolute atomic E-state index is 0.0638. The van der Waals surface area contributed by atoms with Crippen molar-refractivity contribution in [2.24, 2.45) is 0 Å². The second-order valence-electron chi connectivity index (χ2n) is 3.36. The monoisotopic (exact) mass is 234 g/mol. The summed E-state index contributed by atoms with van der Waals surface area (Å²) in [5.41, 5.74) is 11.4. The number of nitrogens with two attached hydrogens (primary N) is 2. The van der Waals surface area contributed by atoms with Crippen molar-refractivity contribution in [2.75, 3.05) is 18.6 Å². The zero-order valence-electron chi connectivity index (χ0n) is 9.14. The summed E-state index contributed by atoms with van der Waals surface area (Å²) in [4.78, 5) is 7.38. The van der Waals surface area contributed by atoms with Gasteiger partial charge in [-0.1, -0.05) is 12.1 Å². The highest BCUT2D eigenvalue weighted by molar-refractivity contribution is 5.65. The van der Waals surface area contributed by atoms with Crippen LogP contribution in [0.15, 0.2) is 24.3 Å². The number of aromatic nitrogens is 2. The summed E-state index contributed by atoms with van der Waals surface area (Å²) in [6.45, 7) is 0. The van der Waals surface area contributed by atoms with Crippen LogP contribution in [0.5, 0.6) is 5.75 Å². The zero-order valence-corrected chi connectivity index (χ0v) is 9.14. The van der Waals surface area contributed by atoms with E-state index in [4.69, 9.17) is 16.2 Å². The van der Waals surface area contributed by atoms with Crippen LogP contribution < -0.4 is 16.2 Å². The molecule has 0 atom stereocenters. The first-order valence-electron chi connectivity index (χ1n) is 4.84. The molecule has 4 N–H and O–H groups in total. The summed E-state index contributed by atoms with van der Waals surface area (Å²) in [5.74, 6) is -0.429. The molecule has 0 amide bonds. The molecule has 17 heavy (non-hydrogen) atoms. The van der Waals surface area contributed by atoms with Crippen molar-refractivity contribution in [3.8, 4) is 17.0 Å². The molecular formula is C11H11FN4O. The molecule has 6 heteroatoms. The highest BCUT2D eigenvalue weighted by Crippen LogP contribution is 2.26. The van der Waals surface area contributed by atoms with Gasteiger partial charge in [0.25, 0.3) is 0 Å². The van der Waals surface area contributed by atoms with E-state index in [1.807, 2.05) is 0 Å². The van der Waals surface area contributed by atoms with E-state index in [2.05, 4.69) is 9.97 Å². The number of hydrogen-bond acceptors (Lipinski definition) is 5. The zero-order chi connectivity index (χ0) is 12.4. The van der Waals surface area contributed by atoms with E-state index in [0.717, 1.165) is 0 Å². The Kier molecular flexibility index (Phi) is 2.78. The third-order valence-electron chi connectivity index (χ3n) is 2.24. The van der Waals surface area contributed by atoms with Crippen LogP contribution in [0.4, 0.5) is 16.2 Å². The van der Waals surface area contributed by atoms with E-state index >= 15 is 0 Å². The minimum atomic E-state index is -0.688. The molecule has 2 rings (SSSR count). The molecule has 0 fully saturated rings. The number of nitrogens with zero attached hydrogens (tertiary/aromatic N) is 2. The summed E-state index contributed by atoms with van der Waals surface area (Å²) >= 11 is 0. The highest BCUT2D eigenvalue weighted by atomic mass is 19.1. The minimum Gasteiger partial charge on any atom is -0.497 e. The molecular weight excluding hydrogens is 223 g/mol. The molecule has 1 aromatic carbocycles. The Hall–Kier alpha value is -2.37. The van der Waals surface area contributed by atoms with Crippen LogP contribution in [-0.2, 0) is 0 Å². The maximum Gasteiger partial charge on any atom is 0.222 e. The van der Waals surface area contributed by atoms with Gasteiger partial charge in [-0.3, -0.25) is 0 Å². The van der Waals surface area contributed by atoms with Gasteiger partial charge in [0.2, 0.25) is 5.95 Å². The molecule has 88 valence electrons. The lowest BCUT2D eigenvalue weighted by atomic mass is 10.1. The number of benzene rings is 1. The van der Waals surface area contributed by atoms with Crippen molar-refractivity contribution >= 4 is 11.8 Å². The van der Waals surface area contributed by atoms with Crippen molar-refractivity contribution in [3.63, 3.8) is 0 Å². The SMILES string of the molecule is COc1cccc(-c2nc(N)nc(N)c2F)c1. The lowest BCUT2D eigenvalue weighted by Crippen LogP contribution is -2.05. The number of nitrogen functional groups attached to an aromatic ring is 2. The van der Waals surface area contributed by atoms with E-state index < -0.39 is 5.82 Å². The van der Waals surface area contributed by atoms with Crippen LogP contribution in [0.25, 0.3) is 11.3 Å². The van der Waals surface area contributed by atoms with Crippen molar-refractivity contribution in [2.45, 2.75) is 0 Å². The van der Waals surface area contributed by atoms with Crippen molar-refractivity contribution < 1.29 is 9.13 Å². The molecule has 5 nitrogen and oxygen atoms in total. The van der Waals surface area contributed by atoms with Gasteiger partial charge in [0.05, 0.1) is 7.11 Å². The molecule has 0 saturated heterocycles. The quantitative estimate of drug-likeness (QED) is 0.821. The van der Waals surface area contributed by atoms with Crippen LogP contribution in [0.3, 0.4) is 0 Å². The summed E-state index contributed by atoms with van der Waals surface area (Å²) in [6, 6.07) is 6.80. The van der Waals surface area contributed by atoms with Crippen LogP contribution in [0, 0.1) is 5.82 Å². The summed E-state index contributed by atoms with van der Waals surface area (Å²) < 4.78 is 18.8. The van der Waals surface area contributed by atoms with Gasteiger partial charge in [-0.25, -0.2) is 9.37 Å². The molecule has 2 aromatic rings. The fraction of sp³-hybridized carbons (Fsp3) is 0.0909. The lowest BCUT2D eigenvalue weighted by Gasteiger charge is -2.07. The first-order valence-corrected chi connectivity index (χ1v) is 4.84. The number of methoxy groups -OCH3 is 1. The fourth-order valence-corrected chi connectivity index (χ4v) is 1.44. The third-order valence-corrected chi connectivity index (χ3v) is 2.24. The Morgan fingerprint density at radius 3 is 2.71 bits per heavy atom. The maximum atomic E-state index is 13.8. The van der Waals surface area contributed by atoms with Crippen LogP contribution in [0.1, 0.15) is 0 Å². The first-order chi connectivity index (χ1) is 8.11. The number of rotatable bonds is 2. The first kappa shape index (κ1) is 11.1. The summed E-state index contributed by atoms with van der Waals surface area (Å²) in [7, 11) is 1.53. The number of ether oxygens (including phenoxy) is 1. The van der Waals surface area contributed by atoms with E-state index in [1.165, 1.54) is 7.11 Å². The Morgan fingerprint density at radius 2 is 2.00 bits per heavy atom. The predicted molar refractivity (Wildman–Crippen MR) is 62.8 cm³/mol. The second-order valence-corrected chi connectivity index (χ2v) is 3.36. The highest BCUT2D eigenvalue weighted by Gasteiger charge is 2.13. The molecule has 0 unspecified atom stereocenters. The lowest BCUT2D eigenvalue weighted by molar-refractivity contribution is 0.415. The predicted octanol–water partition coefficient (Wildman–Crippen LogP) is 1.46. The molecule has 0 saturated carbocycles. The van der Waals surface area contributed by atoms with Crippen LogP contribution in [0.2, 0.25) is 0 Å². The Balaban J connectivity index is 2.59. The third kappa shape index (κ3) is 2.10. The fourth-order valence-electron chi connectivity index (χ4n) is 1.44. The van der Waals surface area contributed by atoms with Crippen molar-refractivity contribution in [1.29, 1.82) is 0 Å². The van der Waals surface area contributed by atoms with Gasteiger partial charge in [0.15, 0.2) is 11.6 Å². The largest absolute Gasteiger partial charge is 0.497 e. The molecule has 0 aliphatic carbocycles. The average Bonchev–Trinajstić information content (AvgIpc) is 2.34. The second kappa shape index (κ2) is 4.25. The van der Waals surface area contributed by atoms with E-state index in [0.29, 0.717) is 11.3 Å². The van der Waals surface area contributed by atoms with Gasteiger partial charge in [0.1, 0.15) is 11.4 Å². The average molecular weight is 234 g/mol. The van der Waals surface area contributed by atoms with Crippen molar-refractivity contribution in [3.05, 3.63) is 30.1 Å². The van der Waals surface area contributed by atoms with Crippen molar-refractivity contribution in [1.82, 2.24) is 9.97 Å². The molecule has 0 aliphatic rings. The smallest absolute Gasteiger partial charge is 0.222 e. The Labute approximate surface area is 97.3 Å². The van der Waals surface area contributed by atoms with Gasteiger partial charge >= 0.3 is 0 Å². The van der Waals surface area contributed by atoms with Gasteiger partial charge in [-0.15, -0.1) is 0 Å². The molecule has 1 heterocycles. The number of anilines is 2. The molecule has 1 aromatic heterocycles. The standard InChI is InChI=1S/C11H11FN4O/c1-17-7-4-2-3-6(5-7)9-8(12)10(13)16-11(14)15-9/h2-5H,1H3,(H4,13,14,15,16). The van der Waals surface area contributed by atoms with Gasteiger partial charge in [-0.2, -0.15) is 4.98 Å². The van der Waals surface area contributed by atoms with Crippen LogP contribution in [-0.4, -0.2) is 17.1 Å². The maximum absolute atomic E-state index is 13.8. The topological polar surface area (TPSA) is 87.0 Å². The van der Waals surface area contributed by atoms with Gasteiger partial charge < -0.3 is 16.2 Å². The summed E-state index contributed by atoms with van der Waals surface area (Å²) in [5, 5.41) is 0. The Bertz CT molecular complexity index is 559. The van der Waals surface area contributed by atoms with E-state index in [-0.39, 0.29) is 17.5 Å². The van der Waals surface area contributed by atoms with E-state index in [9.17, 15) is 4.39 Å². The molecule has 0 radical (unpaired) electrons. The Morgan fingerprint density at radius 1 is 1.24 bits per heavy atom. The normalized spacial score (nSPS) is 10.2. The number of hydrogen-bond donors (Lipinski definition) is 2. The molecule has 0 bridgehead atoms. The molecule has 0 aliphatic heterocycles. The van der Waals surface area contributed by atoms with Crippen LogP contribution >= 0.6 is 0 Å². The summed E-state index contributed by atoms with van der Waals surface area (Å²) in [6.07, 6.45) is 0. The number of halogens is 1. The van der Waals surface area contributed by atoms with Gasteiger partial charge in [0, 0.05) is 5.56 Å².